The van der Waals surface area contributed by atoms with Gasteiger partial charge in [0.2, 0.25) is 5.91 Å². The quantitative estimate of drug-likeness (QED) is 0.789. The number of hydrogen-bond donors (Lipinski definition) is 2. The maximum Gasteiger partial charge on any atom is 0.245 e. The first-order valence-electron chi connectivity index (χ1n) is 5.61. The summed E-state index contributed by atoms with van der Waals surface area (Å²) in [5.41, 5.74) is 6.09. The molecule has 0 fully saturated rings. The first-order chi connectivity index (χ1) is 8.70. The fourth-order valence-electron chi connectivity index (χ4n) is 1.45. The maximum atomic E-state index is 11.9. The standard InChI is InChI=1S/C11H15N5O2/c1-8(16-7-9(5-12)14-15-16)11(17)13-6-10-3-2-4-18-10/h2-4,7-8H,5-6,12H2,1H3,(H,13,17). The summed E-state index contributed by atoms with van der Waals surface area (Å²) >= 11 is 0. The highest BCUT2D eigenvalue weighted by Gasteiger charge is 2.16. The minimum Gasteiger partial charge on any atom is -0.467 e. The number of nitrogens with zero attached hydrogens (tertiary/aromatic N) is 3. The van der Waals surface area contributed by atoms with Crippen LogP contribution in [0.25, 0.3) is 0 Å². The van der Waals surface area contributed by atoms with Crippen molar-refractivity contribution in [2.45, 2.75) is 26.1 Å². The van der Waals surface area contributed by atoms with Gasteiger partial charge in [0.1, 0.15) is 11.8 Å². The summed E-state index contributed by atoms with van der Waals surface area (Å²) in [5, 5.41) is 10.5. The minimum atomic E-state index is -0.437. The molecule has 2 rings (SSSR count). The van der Waals surface area contributed by atoms with Gasteiger partial charge in [-0.1, -0.05) is 5.21 Å². The highest BCUT2D eigenvalue weighted by molar-refractivity contribution is 5.79. The summed E-state index contributed by atoms with van der Waals surface area (Å²) < 4.78 is 6.61. The molecule has 7 heteroatoms. The highest BCUT2D eigenvalue weighted by atomic mass is 16.3. The molecule has 2 heterocycles. The zero-order chi connectivity index (χ0) is 13.0. The molecule has 0 saturated carbocycles. The Balaban J connectivity index is 1.92. The second kappa shape index (κ2) is 5.46. The Morgan fingerprint density at radius 3 is 3.11 bits per heavy atom. The van der Waals surface area contributed by atoms with Crippen molar-refractivity contribution in [2.75, 3.05) is 0 Å². The molecule has 0 aliphatic carbocycles. The zero-order valence-corrected chi connectivity index (χ0v) is 10.0. The number of hydrogen-bond acceptors (Lipinski definition) is 5. The van der Waals surface area contributed by atoms with Crippen LogP contribution in [0.1, 0.15) is 24.4 Å². The summed E-state index contributed by atoms with van der Waals surface area (Å²) in [6, 6.07) is 3.13. The molecular formula is C11H15N5O2. The van der Waals surface area contributed by atoms with Gasteiger partial charge in [0.05, 0.1) is 24.7 Å². The van der Waals surface area contributed by atoms with E-state index < -0.39 is 6.04 Å². The Hall–Kier alpha value is -2.15. The molecule has 18 heavy (non-hydrogen) atoms. The van der Waals surface area contributed by atoms with Crippen molar-refractivity contribution in [3.63, 3.8) is 0 Å². The predicted molar refractivity (Wildman–Crippen MR) is 63.2 cm³/mol. The van der Waals surface area contributed by atoms with E-state index in [0.717, 1.165) is 0 Å². The number of nitrogens with one attached hydrogen (secondary N) is 1. The van der Waals surface area contributed by atoms with Crippen molar-refractivity contribution in [1.29, 1.82) is 0 Å². The van der Waals surface area contributed by atoms with E-state index in [4.69, 9.17) is 10.2 Å². The molecule has 1 atom stereocenters. The molecule has 0 aliphatic rings. The lowest BCUT2D eigenvalue weighted by atomic mass is 10.3. The van der Waals surface area contributed by atoms with E-state index in [1.807, 2.05) is 0 Å². The fraction of sp³-hybridized carbons (Fsp3) is 0.364. The number of aromatic nitrogens is 3. The lowest BCUT2D eigenvalue weighted by Gasteiger charge is -2.10. The Morgan fingerprint density at radius 1 is 1.67 bits per heavy atom. The molecule has 0 radical (unpaired) electrons. The van der Waals surface area contributed by atoms with Gasteiger partial charge in [0, 0.05) is 6.54 Å². The number of rotatable bonds is 5. The molecular weight excluding hydrogens is 234 g/mol. The molecule has 2 aromatic rings. The number of amides is 1. The Labute approximate surface area is 104 Å². The molecule has 7 nitrogen and oxygen atoms in total. The second-order valence-electron chi connectivity index (χ2n) is 3.87. The molecule has 0 bridgehead atoms. The largest absolute Gasteiger partial charge is 0.467 e. The van der Waals surface area contributed by atoms with Gasteiger partial charge in [-0.25, -0.2) is 4.68 Å². The molecule has 0 saturated heterocycles. The van der Waals surface area contributed by atoms with Gasteiger partial charge in [-0.3, -0.25) is 4.79 Å². The maximum absolute atomic E-state index is 11.9. The van der Waals surface area contributed by atoms with E-state index in [1.54, 1.807) is 31.5 Å². The van der Waals surface area contributed by atoms with Crippen LogP contribution in [0.15, 0.2) is 29.0 Å². The van der Waals surface area contributed by atoms with E-state index in [1.165, 1.54) is 4.68 Å². The molecule has 0 spiro atoms. The van der Waals surface area contributed by atoms with Crippen LogP contribution in [0.3, 0.4) is 0 Å². The van der Waals surface area contributed by atoms with Crippen LogP contribution >= 0.6 is 0 Å². The van der Waals surface area contributed by atoms with Crippen LogP contribution in [0.5, 0.6) is 0 Å². The SMILES string of the molecule is CC(C(=O)NCc1ccco1)n1cc(CN)nn1. The van der Waals surface area contributed by atoms with Crippen molar-refractivity contribution in [1.82, 2.24) is 20.3 Å². The topological polar surface area (TPSA) is 99.0 Å². The van der Waals surface area contributed by atoms with Crippen LogP contribution < -0.4 is 11.1 Å². The van der Waals surface area contributed by atoms with Crippen LogP contribution in [0.2, 0.25) is 0 Å². The van der Waals surface area contributed by atoms with Crippen molar-refractivity contribution < 1.29 is 9.21 Å². The zero-order valence-electron chi connectivity index (χ0n) is 10.0. The number of nitrogens with two attached hydrogens (primary N) is 1. The number of furan rings is 1. The average Bonchev–Trinajstić information content (AvgIpc) is 3.05. The summed E-state index contributed by atoms with van der Waals surface area (Å²) in [6.45, 7) is 2.40. The number of carbonyl (C=O) groups excluding carboxylic acids is 1. The molecule has 1 unspecified atom stereocenters. The number of carbonyl (C=O) groups is 1. The average molecular weight is 249 g/mol. The Bertz CT molecular complexity index is 505. The van der Waals surface area contributed by atoms with Crippen molar-refractivity contribution in [3.8, 4) is 0 Å². The van der Waals surface area contributed by atoms with Crippen molar-refractivity contribution in [2.24, 2.45) is 5.73 Å². The third-order valence-corrected chi connectivity index (χ3v) is 2.56. The summed E-state index contributed by atoms with van der Waals surface area (Å²) in [7, 11) is 0. The Morgan fingerprint density at radius 2 is 2.50 bits per heavy atom. The second-order valence-corrected chi connectivity index (χ2v) is 3.87. The molecule has 96 valence electrons. The molecule has 2 aromatic heterocycles. The van der Waals surface area contributed by atoms with E-state index in [-0.39, 0.29) is 5.91 Å². The van der Waals surface area contributed by atoms with Crippen LogP contribution in [0.4, 0.5) is 0 Å². The van der Waals surface area contributed by atoms with E-state index in [0.29, 0.717) is 24.5 Å². The van der Waals surface area contributed by atoms with Gasteiger partial charge in [-0.2, -0.15) is 0 Å². The van der Waals surface area contributed by atoms with Gasteiger partial charge in [-0.15, -0.1) is 5.10 Å². The highest BCUT2D eigenvalue weighted by Crippen LogP contribution is 2.05. The molecule has 1 amide bonds. The molecule has 0 aliphatic heterocycles. The van der Waals surface area contributed by atoms with Gasteiger partial charge >= 0.3 is 0 Å². The fourth-order valence-corrected chi connectivity index (χ4v) is 1.45. The first kappa shape index (κ1) is 12.3. The van der Waals surface area contributed by atoms with Crippen LogP contribution in [-0.2, 0) is 17.9 Å². The third-order valence-electron chi connectivity index (χ3n) is 2.56. The van der Waals surface area contributed by atoms with Crippen LogP contribution in [0, 0.1) is 0 Å². The van der Waals surface area contributed by atoms with Crippen molar-refractivity contribution in [3.05, 3.63) is 36.0 Å². The minimum absolute atomic E-state index is 0.153. The van der Waals surface area contributed by atoms with E-state index >= 15 is 0 Å². The van der Waals surface area contributed by atoms with Gasteiger partial charge in [-0.05, 0) is 19.1 Å². The predicted octanol–water partition coefficient (Wildman–Crippen LogP) is 0.207. The summed E-state index contributed by atoms with van der Waals surface area (Å²) in [6.07, 6.45) is 3.23. The molecule has 3 N–H and O–H groups in total. The Kier molecular flexibility index (Phi) is 3.73. The van der Waals surface area contributed by atoms with Gasteiger partial charge < -0.3 is 15.5 Å². The summed E-state index contributed by atoms with van der Waals surface area (Å²) in [4.78, 5) is 11.9. The summed E-state index contributed by atoms with van der Waals surface area (Å²) in [5.74, 6) is 0.552. The first-order valence-corrected chi connectivity index (χ1v) is 5.61. The van der Waals surface area contributed by atoms with Crippen LogP contribution in [-0.4, -0.2) is 20.9 Å². The van der Waals surface area contributed by atoms with Gasteiger partial charge in [0.25, 0.3) is 0 Å². The van der Waals surface area contributed by atoms with E-state index in [9.17, 15) is 4.79 Å². The lowest BCUT2D eigenvalue weighted by Crippen LogP contribution is -2.30. The third kappa shape index (κ3) is 2.75. The lowest BCUT2D eigenvalue weighted by molar-refractivity contribution is -0.124. The van der Waals surface area contributed by atoms with Crippen molar-refractivity contribution >= 4 is 5.91 Å². The molecule has 0 aromatic carbocycles. The normalized spacial score (nSPS) is 12.3. The monoisotopic (exact) mass is 249 g/mol. The van der Waals surface area contributed by atoms with Gasteiger partial charge in [0.15, 0.2) is 0 Å². The smallest absolute Gasteiger partial charge is 0.245 e. The van der Waals surface area contributed by atoms with E-state index in [2.05, 4.69) is 15.6 Å².